The Balaban J connectivity index is 2.27. The van der Waals surface area contributed by atoms with Crippen LogP contribution in [-0.4, -0.2) is 25.2 Å². The standard InChI is InChI=1S/C14H18N2O/c1-3-17-10-14(15-2)12-7-6-11-5-4-8-16-13(11)9-12/h4-9,14-15H,3,10H2,1-2H3. The number of pyridine rings is 1. The number of nitrogens with zero attached hydrogens (tertiary/aromatic N) is 1. The van der Waals surface area contributed by atoms with Crippen molar-refractivity contribution in [3.8, 4) is 0 Å². The molecule has 1 aromatic heterocycles. The first kappa shape index (κ1) is 12.0. The Kier molecular flexibility index (Phi) is 4.07. The molecule has 0 radical (unpaired) electrons. The van der Waals surface area contributed by atoms with Crippen LogP contribution in [0.25, 0.3) is 10.9 Å². The van der Waals surface area contributed by atoms with Gasteiger partial charge in [0, 0.05) is 18.2 Å². The van der Waals surface area contributed by atoms with E-state index in [1.165, 1.54) is 10.9 Å². The normalized spacial score (nSPS) is 12.8. The molecule has 0 fully saturated rings. The fourth-order valence-corrected chi connectivity index (χ4v) is 1.88. The van der Waals surface area contributed by atoms with Crippen molar-refractivity contribution in [1.82, 2.24) is 10.3 Å². The van der Waals surface area contributed by atoms with Crippen LogP contribution in [0.4, 0.5) is 0 Å². The van der Waals surface area contributed by atoms with E-state index in [0.717, 1.165) is 12.1 Å². The van der Waals surface area contributed by atoms with Crippen LogP contribution in [0.15, 0.2) is 36.5 Å². The lowest BCUT2D eigenvalue weighted by Gasteiger charge is -2.16. The maximum atomic E-state index is 5.47. The number of likely N-dealkylation sites (N-methyl/N-ethyl adjacent to an activating group) is 1. The molecule has 17 heavy (non-hydrogen) atoms. The summed E-state index contributed by atoms with van der Waals surface area (Å²) in [6.45, 7) is 3.43. The SMILES string of the molecule is CCOCC(NC)c1ccc2cccnc2c1. The number of fused-ring (bicyclic) bond motifs is 1. The van der Waals surface area contributed by atoms with Gasteiger partial charge in [0.1, 0.15) is 0 Å². The first-order valence-electron chi connectivity index (χ1n) is 5.95. The maximum Gasteiger partial charge on any atom is 0.0705 e. The van der Waals surface area contributed by atoms with E-state index in [1.54, 1.807) is 0 Å². The summed E-state index contributed by atoms with van der Waals surface area (Å²) in [5, 5.41) is 4.43. The third kappa shape index (κ3) is 2.81. The third-order valence-corrected chi connectivity index (χ3v) is 2.87. The fraction of sp³-hybridized carbons (Fsp3) is 0.357. The highest BCUT2D eigenvalue weighted by molar-refractivity contribution is 5.78. The topological polar surface area (TPSA) is 34.1 Å². The average Bonchev–Trinajstić information content (AvgIpc) is 2.39. The van der Waals surface area contributed by atoms with Gasteiger partial charge in [-0.25, -0.2) is 0 Å². The maximum absolute atomic E-state index is 5.47. The molecule has 1 unspecified atom stereocenters. The minimum atomic E-state index is 0.223. The first-order valence-corrected chi connectivity index (χ1v) is 5.95. The molecule has 1 N–H and O–H groups in total. The van der Waals surface area contributed by atoms with Crippen molar-refractivity contribution in [3.63, 3.8) is 0 Å². The van der Waals surface area contributed by atoms with Crippen LogP contribution >= 0.6 is 0 Å². The number of nitrogens with one attached hydrogen (secondary N) is 1. The van der Waals surface area contributed by atoms with Gasteiger partial charge in [-0.3, -0.25) is 4.98 Å². The number of aromatic nitrogens is 1. The lowest BCUT2D eigenvalue weighted by atomic mass is 10.1. The van der Waals surface area contributed by atoms with Gasteiger partial charge in [0.2, 0.25) is 0 Å². The van der Waals surface area contributed by atoms with Gasteiger partial charge in [0.05, 0.1) is 18.2 Å². The fourth-order valence-electron chi connectivity index (χ4n) is 1.88. The highest BCUT2D eigenvalue weighted by atomic mass is 16.5. The largest absolute Gasteiger partial charge is 0.380 e. The number of hydrogen-bond donors (Lipinski definition) is 1. The first-order chi connectivity index (χ1) is 8.35. The van der Waals surface area contributed by atoms with Gasteiger partial charge >= 0.3 is 0 Å². The van der Waals surface area contributed by atoms with Gasteiger partial charge < -0.3 is 10.1 Å². The molecular formula is C14H18N2O. The molecule has 0 aliphatic carbocycles. The van der Waals surface area contributed by atoms with E-state index < -0.39 is 0 Å². The quantitative estimate of drug-likeness (QED) is 0.857. The highest BCUT2D eigenvalue weighted by Crippen LogP contribution is 2.18. The van der Waals surface area contributed by atoms with Crippen LogP contribution in [0.5, 0.6) is 0 Å². The van der Waals surface area contributed by atoms with E-state index in [-0.39, 0.29) is 6.04 Å². The molecule has 1 atom stereocenters. The highest BCUT2D eigenvalue weighted by Gasteiger charge is 2.09. The molecule has 0 saturated heterocycles. The molecule has 0 amide bonds. The van der Waals surface area contributed by atoms with Crippen molar-refractivity contribution in [2.45, 2.75) is 13.0 Å². The van der Waals surface area contributed by atoms with Gasteiger partial charge in [-0.15, -0.1) is 0 Å². The molecule has 0 aliphatic heterocycles. The van der Waals surface area contributed by atoms with Gasteiger partial charge in [-0.1, -0.05) is 18.2 Å². The van der Waals surface area contributed by atoms with Gasteiger partial charge in [0.25, 0.3) is 0 Å². The van der Waals surface area contributed by atoms with Crippen molar-refractivity contribution >= 4 is 10.9 Å². The van der Waals surface area contributed by atoms with E-state index in [1.807, 2.05) is 26.2 Å². The Labute approximate surface area is 102 Å². The molecular weight excluding hydrogens is 212 g/mol. The summed E-state index contributed by atoms with van der Waals surface area (Å²) in [6.07, 6.45) is 1.82. The second kappa shape index (κ2) is 5.75. The van der Waals surface area contributed by atoms with Crippen LogP contribution in [0, 0.1) is 0 Å². The summed E-state index contributed by atoms with van der Waals surface area (Å²) in [5.41, 5.74) is 2.24. The lowest BCUT2D eigenvalue weighted by Crippen LogP contribution is -2.21. The Bertz CT molecular complexity index is 484. The molecule has 3 nitrogen and oxygen atoms in total. The van der Waals surface area contributed by atoms with Crippen molar-refractivity contribution in [2.75, 3.05) is 20.3 Å². The summed E-state index contributed by atoms with van der Waals surface area (Å²) in [6, 6.07) is 10.6. The van der Waals surface area contributed by atoms with Crippen molar-refractivity contribution < 1.29 is 4.74 Å². The molecule has 2 aromatic rings. The smallest absolute Gasteiger partial charge is 0.0705 e. The summed E-state index contributed by atoms with van der Waals surface area (Å²) < 4.78 is 5.47. The van der Waals surface area contributed by atoms with Crippen molar-refractivity contribution in [3.05, 3.63) is 42.1 Å². The summed E-state index contributed by atoms with van der Waals surface area (Å²) >= 11 is 0. The second-order valence-corrected chi connectivity index (χ2v) is 3.96. The second-order valence-electron chi connectivity index (χ2n) is 3.96. The third-order valence-electron chi connectivity index (χ3n) is 2.87. The summed E-state index contributed by atoms with van der Waals surface area (Å²) in [4.78, 5) is 4.37. The molecule has 2 rings (SSSR count). The number of hydrogen-bond acceptors (Lipinski definition) is 3. The lowest BCUT2D eigenvalue weighted by molar-refractivity contribution is 0.125. The Hall–Kier alpha value is -1.45. The average molecular weight is 230 g/mol. The molecule has 3 heteroatoms. The Morgan fingerprint density at radius 2 is 2.24 bits per heavy atom. The minimum Gasteiger partial charge on any atom is -0.380 e. The van der Waals surface area contributed by atoms with Gasteiger partial charge in [0.15, 0.2) is 0 Å². The van der Waals surface area contributed by atoms with Crippen LogP contribution in [0.3, 0.4) is 0 Å². The van der Waals surface area contributed by atoms with E-state index in [9.17, 15) is 0 Å². The van der Waals surface area contributed by atoms with E-state index in [2.05, 4.69) is 34.6 Å². The molecule has 0 bridgehead atoms. The number of rotatable bonds is 5. The monoisotopic (exact) mass is 230 g/mol. The molecule has 1 heterocycles. The van der Waals surface area contributed by atoms with E-state index >= 15 is 0 Å². The van der Waals surface area contributed by atoms with E-state index in [4.69, 9.17) is 4.74 Å². The van der Waals surface area contributed by atoms with Crippen LogP contribution in [-0.2, 0) is 4.74 Å². The predicted octanol–water partition coefficient (Wildman–Crippen LogP) is 2.53. The zero-order chi connectivity index (χ0) is 12.1. The molecule has 0 saturated carbocycles. The zero-order valence-electron chi connectivity index (χ0n) is 10.3. The van der Waals surface area contributed by atoms with Gasteiger partial charge in [-0.2, -0.15) is 0 Å². The zero-order valence-corrected chi connectivity index (χ0v) is 10.3. The van der Waals surface area contributed by atoms with Crippen LogP contribution < -0.4 is 5.32 Å². The Morgan fingerprint density at radius 3 is 3.00 bits per heavy atom. The summed E-state index contributed by atoms with van der Waals surface area (Å²) in [7, 11) is 1.95. The van der Waals surface area contributed by atoms with Gasteiger partial charge in [-0.05, 0) is 31.7 Å². The number of ether oxygens (including phenoxy) is 1. The number of benzene rings is 1. The predicted molar refractivity (Wildman–Crippen MR) is 70.0 cm³/mol. The van der Waals surface area contributed by atoms with Crippen molar-refractivity contribution in [1.29, 1.82) is 0 Å². The minimum absolute atomic E-state index is 0.223. The summed E-state index contributed by atoms with van der Waals surface area (Å²) in [5.74, 6) is 0. The van der Waals surface area contributed by atoms with Crippen LogP contribution in [0.2, 0.25) is 0 Å². The Morgan fingerprint density at radius 1 is 1.35 bits per heavy atom. The molecule has 0 spiro atoms. The van der Waals surface area contributed by atoms with E-state index in [0.29, 0.717) is 6.61 Å². The molecule has 1 aromatic carbocycles. The molecule has 90 valence electrons. The van der Waals surface area contributed by atoms with Crippen molar-refractivity contribution in [2.24, 2.45) is 0 Å². The molecule has 0 aliphatic rings. The van der Waals surface area contributed by atoms with Crippen LogP contribution in [0.1, 0.15) is 18.5 Å².